The zero-order valence-electron chi connectivity index (χ0n) is 12.4. The number of hydrogen-bond acceptors (Lipinski definition) is 1. The summed E-state index contributed by atoms with van der Waals surface area (Å²) in [7, 11) is 0. The van der Waals surface area contributed by atoms with E-state index >= 15 is 0 Å². The molecule has 20 heavy (non-hydrogen) atoms. The first-order valence-corrected chi connectivity index (χ1v) is 7.30. The molecule has 0 radical (unpaired) electrons. The summed E-state index contributed by atoms with van der Waals surface area (Å²) in [5.41, 5.74) is 7.84. The number of hydrogen-bond donors (Lipinski definition) is 0. The highest BCUT2D eigenvalue weighted by atomic mass is 15.0. The van der Waals surface area contributed by atoms with Crippen LogP contribution in [0, 0.1) is 6.92 Å². The van der Waals surface area contributed by atoms with Gasteiger partial charge in [-0.1, -0.05) is 44.2 Å². The molecule has 1 aromatic carbocycles. The lowest BCUT2D eigenvalue weighted by atomic mass is 9.92. The number of imidazole rings is 1. The molecule has 2 heteroatoms. The van der Waals surface area contributed by atoms with Gasteiger partial charge in [-0.3, -0.25) is 0 Å². The maximum absolute atomic E-state index is 4.55. The molecule has 0 aliphatic carbocycles. The molecule has 3 aromatic rings. The molecule has 2 aromatic heterocycles. The van der Waals surface area contributed by atoms with E-state index in [2.05, 4.69) is 66.7 Å². The SMILES string of the molecule is CCc1c(-c2ccccc2)c(C)c2nccn2c1CC. The van der Waals surface area contributed by atoms with E-state index in [-0.39, 0.29) is 0 Å². The highest BCUT2D eigenvalue weighted by Crippen LogP contribution is 2.33. The van der Waals surface area contributed by atoms with Crippen LogP contribution in [0.4, 0.5) is 0 Å². The Morgan fingerprint density at radius 2 is 1.80 bits per heavy atom. The van der Waals surface area contributed by atoms with Gasteiger partial charge in [-0.05, 0) is 36.5 Å². The van der Waals surface area contributed by atoms with Crippen LogP contribution in [0.25, 0.3) is 16.8 Å². The quantitative estimate of drug-likeness (QED) is 0.684. The van der Waals surface area contributed by atoms with Crippen molar-refractivity contribution in [1.82, 2.24) is 9.38 Å². The summed E-state index contributed by atoms with van der Waals surface area (Å²) in [5, 5.41) is 0. The summed E-state index contributed by atoms with van der Waals surface area (Å²) < 4.78 is 2.25. The normalized spacial score (nSPS) is 11.2. The van der Waals surface area contributed by atoms with Crippen molar-refractivity contribution in [1.29, 1.82) is 0 Å². The van der Waals surface area contributed by atoms with Crippen molar-refractivity contribution in [3.63, 3.8) is 0 Å². The van der Waals surface area contributed by atoms with E-state index in [1.807, 2.05) is 6.20 Å². The first-order valence-electron chi connectivity index (χ1n) is 7.30. The highest BCUT2D eigenvalue weighted by Gasteiger charge is 2.16. The lowest BCUT2D eigenvalue weighted by Crippen LogP contribution is -2.06. The minimum atomic E-state index is 1.02. The summed E-state index contributed by atoms with van der Waals surface area (Å²) in [4.78, 5) is 4.55. The zero-order valence-corrected chi connectivity index (χ0v) is 12.4. The van der Waals surface area contributed by atoms with Gasteiger partial charge in [0, 0.05) is 23.7 Å². The van der Waals surface area contributed by atoms with Crippen molar-refractivity contribution in [3.05, 3.63) is 59.5 Å². The van der Waals surface area contributed by atoms with Gasteiger partial charge in [0.15, 0.2) is 0 Å². The van der Waals surface area contributed by atoms with E-state index in [4.69, 9.17) is 0 Å². The van der Waals surface area contributed by atoms with E-state index < -0.39 is 0 Å². The smallest absolute Gasteiger partial charge is 0.140 e. The average molecular weight is 264 g/mol. The Kier molecular flexibility index (Phi) is 3.31. The maximum atomic E-state index is 4.55. The van der Waals surface area contributed by atoms with Gasteiger partial charge in [-0.15, -0.1) is 0 Å². The third kappa shape index (κ3) is 1.83. The number of aromatic nitrogens is 2. The second-order valence-corrected chi connectivity index (χ2v) is 5.12. The van der Waals surface area contributed by atoms with Crippen molar-refractivity contribution in [2.24, 2.45) is 0 Å². The van der Waals surface area contributed by atoms with Gasteiger partial charge in [-0.25, -0.2) is 4.98 Å². The minimum Gasteiger partial charge on any atom is -0.304 e. The Labute approximate surface area is 120 Å². The molecular weight excluding hydrogens is 244 g/mol. The molecule has 2 heterocycles. The van der Waals surface area contributed by atoms with Gasteiger partial charge in [0.2, 0.25) is 0 Å². The summed E-state index contributed by atoms with van der Waals surface area (Å²) >= 11 is 0. The van der Waals surface area contributed by atoms with Crippen LogP contribution in [-0.2, 0) is 12.8 Å². The molecule has 0 fully saturated rings. The van der Waals surface area contributed by atoms with E-state index in [9.17, 15) is 0 Å². The van der Waals surface area contributed by atoms with Crippen molar-refractivity contribution < 1.29 is 0 Å². The maximum Gasteiger partial charge on any atom is 0.140 e. The minimum absolute atomic E-state index is 1.02. The first kappa shape index (κ1) is 12.9. The van der Waals surface area contributed by atoms with Crippen LogP contribution in [0.15, 0.2) is 42.7 Å². The molecule has 0 atom stereocenters. The third-order valence-corrected chi connectivity index (χ3v) is 4.04. The topological polar surface area (TPSA) is 17.3 Å². The number of nitrogens with zero attached hydrogens (tertiary/aromatic N) is 2. The molecule has 0 saturated heterocycles. The van der Waals surface area contributed by atoms with Crippen LogP contribution < -0.4 is 0 Å². The Morgan fingerprint density at radius 1 is 1.05 bits per heavy atom. The van der Waals surface area contributed by atoms with Crippen LogP contribution in [-0.4, -0.2) is 9.38 Å². The molecule has 2 nitrogen and oxygen atoms in total. The van der Waals surface area contributed by atoms with E-state index in [1.54, 1.807) is 0 Å². The van der Waals surface area contributed by atoms with Crippen molar-refractivity contribution in [3.8, 4) is 11.1 Å². The second-order valence-electron chi connectivity index (χ2n) is 5.12. The number of benzene rings is 1. The number of pyridine rings is 1. The predicted molar refractivity (Wildman–Crippen MR) is 84.1 cm³/mol. The molecule has 102 valence electrons. The molecular formula is C18H20N2. The molecule has 0 N–H and O–H groups in total. The molecule has 0 aliphatic heterocycles. The lowest BCUT2D eigenvalue weighted by molar-refractivity contribution is 0.922. The molecule has 0 bridgehead atoms. The highest BCUT2D eigenvalue weighted by molar-refractivity contribution is 5.77. The standard InChI is InChI=1S/C18H20N2/c1-4-15-16(5-2)20-12-11-19-18(20)13(3)17(15)14-9-7-6-8-10-14/h6-12H,4-5H2,1-3H3. The fraction of sp³-hybridized carbons (Fsp3) is 0.278. The number of fused-ring (bicyclic) bond motifs is 1. The summed E-state index contributed by atoms with van der Waals surface area (Å²) in [6.45, 7) is 6.64. The number of aryl methyl sites for hydroxylation is 2. The van der Waals surface area contributed by atoms with E-state index in [0.29, 0.717) is 0 Å². The molecule has 0 saturated carbocycles. The molecule has 0 amide bonds. The fourth-order valence-corrected chi connectivity index (χ4v) is 3.19. The van der Waals surface area contributed by atoms with Gasteiger partial charge in [0.05, 0.1) is 0 Å². The van der Waals surface area contributed by atoms with Crippen LogP contribution in [0.3, 0.4) is 0 Å². The van der Waals surface area contributed by atoms with Crippen LogP contribution in [0.1, 0.15) is 30.7 Å². The number of rotatable bonds is 3. The second kappa shape index (κ2) is 5.12. The summed E-state index contributed by atoms with van der Waals surface area (Å²) in [6.07, 6.45) is 6.04. The van der Waals surface area contributed by atoms with Crippen LogP contribution >= 0.6 is 0 Å². The Bertz CT molecular complexity index is 739. The van der Waals surface area contributed by atoms with Crippen molar-refractivity contribution in [2.45, 2.75) is 33.6 Å². The summed E-state index contributed by atoms with van der Waals surface area (Å²) in [6, 6.07) is 10.7. The van der Waals surface area contributed by atoms with Gasteiger partial charge >= 0.3 is 0 Å². The van der Waals surface area contributed by atoms with Crippen molar-refractivity contribution in [2.75, 3.05) is 0 Å². The fourth-order valence-electron chi connectivity index (χ4n) is 3.19. The monoisotopic (exact) mass is 264 g/mol. The largest absolute Gasteiger partial charge is 0.304 e. The molecule has 0 aliphatic rings. The zero-order chi connectivity index (χ0) is 14.1. The average Bonchev–Trinajstić information content (AvgIpc) is 2.97. The van der Waals surface area contributed by atoms with Gasteiger partial charge in [-0.2, -0.15) is 0 Å². The van der Waals surface area contributed by atoms with Gasteiger partial charge in [0.1, 0.15) is 5.65 Å². The Balaban J connectivity index is 2.44. The van der Waals surface area contributed by atoms with E-state index in [1.165, 1.54) is 27.9 Å². The first-order chi connectivity index (χ1) is 9.77. The molecule has 0 unspecified atom stereocenters. The molecule has 3 rings (SSSR count). The Hall–Kier alpha value is -2.09. The third-order valence-electron chi connectivity index (χ3n) is 4.04. The van der Waals surface area contributed by atoms with Crippen molar-refractivity contribution >= 4 is 5.65 Å². The summed E-state index contributed by atoms with van der Waals surface area (Å²) in [5.74, 6) is 0. The van der Waals surface area contributed by atoms with Gasteiger partial charge in [0.25, 0.3) is 0 Å². The van der Waals surface area contributed by atoms with Crippen LogP contribution in [0.5, 0.6) is 0 Å². The predicted octanol–water partition coefficient (Wildman–Crippen LogP) is 4.43. The lowest BCUT2D eigenvalue weighted by Gasteiger charge is -2.18. The van der Waals surface area contributed by atoms with Crippen LogP contribution in [0.2, 0.25) is 0 Å². The molecule has 0 spiro atoms. The Morgan fingerprint density at radius 3 is 2.45 bits per heavy atom. The van der Waals surface area contributed by atoms with E-state index in [0.717, 1.165) is 18.5 Å². The van der Waals surface area contributed by atoms with Gasteiger partial charge < -0.3 is 4.40 Å².